The van der Waals surface area contributed by atoms with Crippen LogP contribution in [0.1, 0.15) is 28.0 Å². The Kier molecular flexibility index (Phi) is 4.67. The number of benzene rings is 3. The summed E-state index contributed by atoms with van der Waals surface area (Å²) in [6.45, 7) is 0. The number of hydrogen-bond acceptors (Lipinski definition) is 6. The van der Waals surface area contributed by atoms with Gasteiger partial charge < -0.3 is 10.1 Å². The molecule has 2 unspecified atom stereocenters. The molecule has 6 rings (SSSR count). The fraction of sp³-hybridized carbons (Fsp3) is 0.214. The van der Waals surface area contributed by atoms with E-state index < -0.39 is 22.8 Å². The molecule has 0 bridgehead atoms. The van der Waals surface area contributed by atoms with E-state index in [0.717, 1.165) is 21.3 Å². The lowest BCUT2D eigenvalue weighted by Gasteiger charge is -2.36. The number of amides is 1. The van der Waals surface area contributed by atoms with Crippen LogP contribution in [0.5, 0.6) is 5.75 Å². The van der Waals surface area contributed by atoms with Crippen LogP contribution in [0.3, 0.4) is 0 Å². The number of thiazole rings is 1. The Morgan fingerprint density at radius 1 is 1.03 bits per heavy atom. The largest absolute Gasteiger partial charge is 0.497 e. The van der Waals surface area contributed by atoms with Crippen molar-refractivity contribution >= 4 is 27.5 Å². The second-order valence-corrected chi connectivity index (χ2v) is 10.0. The van der Waals surface area contributed by atoms with Gasteiger partial charge >= 0.3 is 0 Å². The number of hydrogen-bond donors (Lipinski definition) is 1. The molecule has 1 aromatic heterocycles. The normalized spacial score (nSPS) is 27.3. The highest BCUT2D eigenvalue weighted by Crippen LogP contribution is 2.76. The minimum atomic E-state index is -1.25. The molecule has 35 heavy (non-hydrogen) atoms. The number of piperidine rings is 1. The average Bonchev–Trinajstić information content (AvgIpc) is 3.30. The molecule has 6 nitrogen and oxygen atoms in total. The summed E-state index contributed by atoms with van der Waals surface area (Å²) in [5, 5.41) is 24.7. The number of carbonyl (C=O) groups excluding carboxylic acids is 1. The van der Waals surface area contributed by atoms with Crippen LogP contribution >= 0.6 is 11.3 Å². The average molecular weight is 477 g/mol. The second-order valence-electron chi connectivity index (χ2n) is 8.98. The van der Waals surface area contributed by atoms with Gasteiger partial charge in [0, 0.05) is 11.8 Å². The van der Waals surface area contributed by atoms with Crippen molar-refractivity contribution in [2.24, 2.45) is 11.3 Å². The maximum atomic E-state index is 13.6. The molecule has 5 atom stereocenters. The third kappa shape index (κ3) is 2.79. The minimum Gasteiger partial charge on any atom is -0.497 e. The van der Waals surface area contributed by atoms with Crippen LogP contribution in [0.2, 0.25) is 0 Å². The van der Waals surface area contributed by atoms with Gasteiger partial charge in [-0.3, -0.25) is 4.79 Å². The zero-order chi connectivity index (χ0) is 24.2. The summed E-state index contributed by atoms with van der Waals surface area (Å²) >= 11 is 1.46. The molecule has 7 heteroatoms. The van der Waals surface area contributed by atoms with Crippen molar-refractivity contribution in [1.29, 1.82) is 10.5 Å². The van der Waals surface area contributed by atoms with E-state index in [2.05, 4.69) is 17.5 Å². The summed E-state index contributed by atoms with van der Waals surface area (Å²) in [4.78, 5) is 18.4. The van der Waals surface area contributed by atoms with Crippen molar-refractivity contribution in [3.05, 3.63) is 95.0 Å². The number of ether oxygens (including phenoxy) is 1. The molecule has 1 amide bonds. The maximum Gasteiger partial charge on any atom is 0.242 e. The van der Waals surface area contributed by atoms with Gasteiger partial charge in [0.25, 0.3) is 0 Å². The molecule has 170 valence electrons. The van der Waals surface area contributed by atoms with Crippen LogP contribution in [0.25, 0.3) is 10.2 Å². The van der Waals surface area contributed by atoms with E-state index in [0.29, 0.717) is 10.8 Å². The Hall–Kier alpha value is -4.20. The summed E-state index contributed by atoms with van der Waals surface area (Å²) in [5.41, 5.74) is 0.150. The standard InChI is InChI=1S/C28H20N4O2S/c1-34-19-13-11-17(12-14-19)23-24-27(23,16-30)26(33)32-28(24,18-7-3-2-4-8-18)20(15-29)25-31-21-9-5-6-10-22(21)35-25/h2-14,20,23-24H,1H3,(H,32,33)/t20?,23-,24+,27+,28?/m1/s1. The van der Waals surface area contributed by atoms with E-state index in [9.17, 15) is 15.3 Å². The molecule has 2 aliphatic rings. The Morgan fingerprint density at radius 3 is 2.40 bits per heavy atom. The monoisotopic (exact) mass is 476 g/mol. The number of methoxy groups -OCH3 is 1. The van der Waals surface area contributed by atoms with Crippen molar-refractivity contribution < 1.29 is 9.53 Å². The first-order valence-electron chi connectivity index (χ1n) is 11.3. The lowest BCUT2D eigenvalue weighted by molar-refractivity contribution is -0.124. The van der Waals surface area contributed by atoms with Crippen molar-refractivity contribution in [3.63, 3.8) is 0 Å². The highest BCUT2D eigenvalue weighted by molar-refractivity contribution is 7.18. The Labute approximate surface area is 206 Å². The van der Waals surface area contributed by atoms with Gasteiger partial charge in [0.15, 0.2) is 0 Å². The maximum absolute atomic E-state index is 13.6. The fourth-order valence-corrected chi connectivity index (χ4v) is 6.96. The van der Waals surface area contributed by atoms with E-state index >= 15 is 0 Å². The second kappa shape index (κ2) is 7.66. The van der Waals surface area contributed by atoms with Crippen molar-refractivity contribution in [2.45, 2.75) is 17.4 Å². The molecule has 0 radical (unpaired) electrons. The van der Waals surface area contributed by atoms with Crippen LogP contribution < -0.4 is 10.1 Å². The molecule has 2 fully saturated rings. The number of nitrogens with zero attached hydrogens (tertiary/aromatic N) is 3. The third-order valence-electron chi connectivity index (χ3n) is 7.45. The Morgan fingerprint density at radius 2 is 1.74 bits per heavy atom. The first-order chi connectivity index (χ1) is 17.1. The van der Waals surface area contributed by atoms with Crippen LogP contribution in [0, 0.1) is 34.0 Å². The van der Waals surface area contributed by atoms with Gasteiger partial charge in [0.05, 0.1) is 35.0 Å². The van der Waals surface area contributed by atoms with E-state index in [1.54, 1.807) is 7.11 Å². The molecule has 1 aliphatic heterocycles. The van der Waals surface area contributed by atoms with E-state index in [1.165, 1.54) is 11.3 Å². The Bertz CT molecular complexity index is 1500. The van der Waals surface area contributed by atoms with Gasteiger partial charge in [-0.15, -0.1) is 11.3 Å². The van der Waals surface area contributed by atoms with Gasteiger partial charge in [-0.25, -0.2) is 4.98 Å². The number of nitriles is 2. The first kappa shape index (κ1) is 21.3. The van der Waals surface area contributed by atoms with Gasteiger partial charge in [0.2, 0.25) is 5.91 Å². The molecular formula is C28H20N4O2S. The predicted molar refractivity (Wildman–Crippen MR) is 132 cm³/mol. The van der Waals surface area contributed by atoms with Crippen molar-refractivity contribution in [1.82, 2.24) is 10.3 Å². The molecule has 1 saturated carbocycles. The minimum absolute atomic E-state index is 0.337. The smallest absolute Gasteiger partial charge is 0.242 e. The van der Waals surface area contributed by atoms with E-state index in [4.69, 9.17) is 9.72 Å². The van der Waals surface area contributed by atoms with E-state index in [1.807, 2.05) is 78.9 Å². The lowest BCUT2D eigenvalue weighted by atomic mass is 9.74. The SMILES string of the molecule is COc1ccc([C@@H]2[C@@H]3C(c4ccccc4)(C(C#N)c4nc5ccccc5s4)NC(=O)[C@@]23C#N)cc1. The zero-order valence-electron chi connectivity index (χ0n) is 18.8. The molecule has 1 aliphatic carbocycles. The highest BCUT2D eigenvalue weighted by Gasteiger charge is 2.84. The topological polar surface area (TPSA) is 98.8 Å². The molecule has 4 aromatic rings. The Balaban J connectivity index is 1.56. The van der Waals surface area contributed by atoms with Crippen LogP contribution in [0.15, 0.2) is 78.9 Å². The third-order valence-corrected chi connectivity index (χ3v) is 8.55. The van der Waals surface area contributed by atoms with Gasteiger partial charge in [-0.05, 0) is 35.4 Å². The number of fused-ring (bicyclic) bond motifs is 2. The van der Waals surface area contributed by atoms with Crippen LogP contribution in [-0.4, -0.2) is 18.0 Å². The quantitative estimate of drug-likeness (QED) is 0.443. The highest BCUT2D eigenvalue weighted by atomic mass is 32.1. The molecule has 3 aromatic carbocycles. The molecule has 2 heterocycles. The van der Waals surface area contributed by atoms with Crippen LogP contribution in [0.4, 0.5) is 0 Å². The predicted octanol–water partition coefficient (Wildman–Crippen LogP) is 4.86. The van der Waals surface area contributed by atoms with Gasteiger partial charge in [0.1, 0.15) is 22.1 Å². The molecule has 1 saturated heterocycles. The number of aromatic nitrogens is 1. The first-order valence-corrected chi connectivity index (χ1v) is 12.1. The molecular weight excluding hydrogens is 456 g/mol. The van der Waals surface area contributed by atoms with Gasteiger partial charge in [-0.1, -0.05) is 54.6 Å². The van der Waals surface area contributed by atoms with Crippen molar-refractivity contribution in [3.8, 4) is 17.9 Å². The summed E-state index contributed by atoms with van der Waals surface area (Å²) in [6, 6.07) is 29.6. The molecule has 0 spiro atoms. The number of rotatable bonds is 5. The zero-order valence-corrected chi connectivity index (χ0v) is 19.6. The number of carbonyl (C=O) groups is 1. The number of nitrogens with one attached hydrogen (secondary N) is 1. The molecule has 1 N–H and O–H groups in total. The lowest BCUT2D eigenvalue weighted by Crippen LogP contribution is -2.48. The summed E-state index contributed by atoms with van der Waals surface area (Å²) < 4.78 is 6.27. The summed E-state index contributed by atoms with van der Waals surface area (Å²) in [6.07, 6.45) is 0. The van der Waals surface area contributed by atoms with Crippen LogP contribution in [-0.2, 0) is 10.3 Å². The van der Waals surface area contributed by atoms with Gasteiger partial charge in [-0.2, -0.15) is 10.5 Å². The fourth-order valence-electron chi connectivity index (χ4n) is 5.87. The summed E-state index contributed by atoms with van der Waals surface area (Å²) in [7, 11) is 1.60. The summed E-state index contributed by atoms with van der Waals surface area (Å²) in [5.74, 6) is -1.18. The van der Waals surface area contributed by atoms with Crippen molar-refractivity contribution in [2.75, 3.05) is 7.11 Å². The number of para-hydroxylation sites is 1. The van der Waals surface area contributed by atoms with E-state index in [-0.39, 0.29) is 11.8 Å².